The maximum atomic E-state index is 13.0. The largest absolute Gasteiger partial charge is 0.465 e. The molecule has 4 saturated carbocycles. The van der Waals surface area contributed by atoms with Gasteiger partial charge in [0.05, 0.1) is 12.9 Å². The molecule has 0 spiro atoms. The first-order chi connectivity index (χ1) is 18.3. The number of esters is 1. The van der Waals surface area contributed by atoms with Gasteiger partial charge >= 0.3 is 5.97 Å². The molecule has 0 saturated heterocycles. The summed E-state index contributed by atoms with van der Waals surface area (Å²) in [7, 11) is 3.38. The van der Waals surface area contributed by atoms with Gasteiger partial charge in [-0.1, -0.05) is 42.1 Å². The Labute approximate surface area is 231 Å². The number of aromatic nitrogens is 3. The van der Waals surface area contributed by atoms with E-state index in [1.165, 1.54) is 68.7 Å². The van der Waals surface area contributed by atoms with Gasteiger partial charge in [0.25, 0.3) is 0 Å². The van der Waals surface area contributed by atoms with Crippen LogP contribution in [0.25, 0.3) is 11.1 Å². The van der Waals surface area contributed by atoms with Crippen LogP contribution in [0.3, 0.4) is 0 Å². The normalized spacial score (nSPS) is 25.5. The summed E-state index contributed by atoms with van der Waals surface area (Å²) >= 11 is 2.77. The molecule has 9 heteroatoms. The highest BCUT2D eigenvalue weighted by molar-refractivity contribution is 7.99. The molecule has 7 nitrogen and oxygen atoms in total. The summed E-state index contributed by atoms with van der Waals surface area (Å²) in [5, 5.41) is 13.2. The highest BCUT2D eigenvalue weighted by atomic mass is 32.2. The second-order valence-corrected chi connectivity index (χ2v) is 13.7. The number of thiophene rings is 1. The van der Waals surface area contributed by atoms with E-state index in [4.69, 9.17) is 4.74 Å². The molecule has 0 unspecified atom stereocenters. The lowest BCUT2D eigenvalue weighted by Crippen LogP contribution is -2.47. The number of amides is 1. The SMILES string of the molecule is COC(=O)c1c(NC(=O)CSc2nnc(CC34CC5CC(CC(C5)C3)C4)n2C)sc(C)c1-c1ccccc1. The molecule has 2 aromatic heterocycles. The molecule has 0 atom stereocenters. The summed E-state index contributed by atoms with van der Waals surface area (Å²) in [6.45, 7) is 1.95. The Kier molecular flexibility index (Phi) is 6.84. The standard InChI is InChI=1S/C29H34N4O3S2/c1-17-24(21-7-5-4-6-8-21)25(27(35)36-3)26(38-17)30-23(34)16-37-28-32-31-22(33(28)2)15-29-12-18-9-19(13-29)11-20(10-18)14-29/h4-8,18-20H,9-16H2,1-3H3,(H,30,34). The highest BCUT2D eigenvalue weighted by Gasteiger charge is 2.51. The zero-order chi connectivity index (χ0) is 26.4. The molecule has 4 aliphatic rings. The number of aryl methyl sites for hydroxylation is 1. The first-order valence-electron chi connectivity index (χ1n) is 13.4. The van der Waals surface area contributed by atoms with Crippen LogP contribution >= 0.6 is 23.1 Å². The molecule has 200 valence electrons. The molecule has 4 bridgehead atoms. The Morgan fingerprint density at radius 3 is 2.39 bits per heavy atom. The van der Waals surface area contributed by atoms with Gasteiger partial charge in [-0.25, -0.2) is 4.79 Å². The summed E-state index contributed by atoms with van der Waals surface area (Å²) in [5.74, 6) is 3.29. The number of hydrogen-bond acceptors (Lipinski definition) is 7. The number of thioether (sulfide) groups is 1. The predicted octanol–water partition coefficient (Wildman–Crippen LogP) is 6.13. The number of carbonyl (C=O) groups excluding carboxylic acids is 2. The van der Waals surface area contributed by atoms with Crippen LogP contribution in [0, 0.1) is 30.1 Å². The van der Waals surface area contributed by atoms with Crippen LogP contribution < -0.4 is 5.32 Å². The number of hydrogen-bond donors (Lipinski definition) is 1. The van der Waals surface area contributed by atoms with Gasteiger partial charge in [0.15, 0.2) is 5.16 Å². The highest BCUT2D eigenvalue weighted by Crippen LogP contribution is 2.61. The third-order valence-electron chi connectivity index (χ3n) is 8.74. The number of nitrogens with one attached hydrogen (secondary N) is 1. The quantitative estimate of drug-likeness (QED) is 0.268. The number of anilines is 1. The average molecular weight is 551 g/mol. The molecule has 0 aliphatic heterocycles. The van der Waals surface area contributed by atoms with Crippen LogP contribution in [0.15, 0.2) is 35.5 Å². The van der Waals surface area contributed by atoms with Crippen LogP contribution in [0.1, 0.15) is 59.6 Å². The van der Waals surface area contributed by atoms with E-state index in [9.17, 15) is 9.59 Å². The molecule has 1 amide bonds. The minimum atomic E-state index is -0.459. The number of nitrogens with zero attached hydrogens (tertiary/aromatic N) is 3. The maximum Gasteiger partial charge on any atom is 0.341 e. The number of carbonyl (C=O) groups is 2. The fourth-order valence-electron chi connectivity index (χ4n) is 7.64. The first kappa shape index (κ1) is 25.6. The molecule has 1 N–H and O–H groups in total. The van der Waals surface area contributed by atoms with Crippen molar-refractivity contribution < 1.29 is 14.3 Å². The molecule has 0 radical (unpaired) electrons. The van der Waals surface area contributed by atoms with Crippen molar-refractivity contribution in [2.45, 2.75) is 57.0 Å². The first-order valence-corrected chi connectivity index (χ1v) is 15.2. The molecule has 1 aromatic carbocycles. The Balaban J connectivity index is 1.13. The topological polar surface area (TPSA) is 86.1 Å². The van der Waals surface area contributed by atoms with Crippen molar-refractivity contribution >= 4 is 40.0 Å². The lowest BCUT2D eigenvalue weighted by molar-refractivity contribution is -0.113. The van der Waals surface area contributed by atoms with Gasteiger partial charge in [0.1, 0.15) is 16.4 Å². The average Bonchev–Trinajstić information content (AvgIpc) is 3.40. The van der Waals surface area contributed by atoms with Crippen molar-refractivity contribution in [2.75, 3.05) is 18.2 Å². The van der Waals surface area contributed by atoms with Gasteiger partial charge in [-0.05, 0) is 74.2 Å². The molecular formula is C29H34N4O3S2. The van der Waals surface area contributed by atoms with E-state index in [0.717, 1.165) is 51.2 Å². The Bertz CT molecular complexity index is 1330. The van der Waals surface area contributed by atoms with Crippen molar-refractivity contribution in [3.63, 3.8) is 0 Å². The van der Waals surface area contributed by atoms with Crippen molar-refractivity contribution in [1.82, 2.24) is 14.8 Å². The van der Waals surface area contributed by atoms with Crippen LogP contribution in [0.2, 0.25) is 0 Å². The summed E-state index contributed by atoms with van der Waals surface area (Å²) in [6.07, 6.45) is 9.30. The van der Waals surface area contributed by atoms with Gasteiger partial charge in [0, 0.05) is 23.9 Å². The van der Waals surface area contributed by atoms with E-state index in [-0.39, 0.29) is 11.7 Å². The maximum absolute atomic E-state index is 13.0. The zero-order valence-electron chi connectivity index (χ0n) is 22.2. The van der Waals surface area contributed by atoms with Gasteiger partial charge in [-0.3, -0.25) is 4.79 Å². The van der Waals surface area contributed by atoms with Crippen molar-refractivity contribution in [2.24, 2.45) is 30.2 Å². The van der Waals surface area contributed by atoms with Gasteiger partial charge in [-0.15, -0.1) is 21.5 Å². The monoisotopic (exact) mass is 550 g/mol. The smallest absolute Gasteiger partial charge is 0.341 e. The van der Waals surface area contributed by atoms with E-state index >= 15 is 0 Å². The minimum absolute atomic E-state index is 0.182. The van der Waals surface area contributed by atoms with Crippen molar-refractivity contribution in [1.29, 1.82) is 0 Å². The molecule has 7 rings (SSSR count). The van der Waals surface area contributed by atoms with E-state index in [2.05, 4.69) is 20.1 Å². The second kappa shape index (κ2) is 10.2. The lowest BCUT2D eigenvalue weighted by Gasteiger charge is -2.56. The molecule has 3 aromatic rings. The fourth-order valence-corrected chi connectivity index (χ4v) is 9.45. The third-order valence-corrected chi connectivity index (χ3v) is 10.8. The molecule has 4 aliphatic carbocycles. The van der Waals surface area contributed by atoms with E-state index in [1.807, 2.05) is 44.3 Å². The Morgan fingerprint density at radius 2 is 1.76 bits per heavy atom. The van der Waals surface area contributed by atoms with E-state index in [1.54, 1.807) is 0 Å². The van der Waals surface area contributed by atoms with Gasteiger partial charge < -0.3 is 14.6 Å². The molecule has 38 heavy (non-hydrogen) atoms. The zero-order valence-corrected chi connectivity index (χ0v) is 23.8. The number of rotatable bonds is 8. The van der Waals surface area contributed by atoms with E-state index in [0.29, 0.717) is 16.0 Å². The summed E-state index contributed by atoms with van der Waals surface area (Å²) < 4.78 is 7.14. The lowest BCUT2D eigenvalue weighted by atomic mass is 9.49. The molecule has 4 fully saturated rings. The van der Waals surface area contributed by atoms with Crippen LogP contribution in [0.5, 0.6) is 0 Å². The Hall–Kier alpha value is -2.65. The summed E-state index contributed by atoms with van der Waals surface area (Å²) in [4.78, 5) is 26.7. The number of methoxy groups -OCH3 is 1. The van der Waals surface area contributed by atoms with Gasteiger partial charge in [-0.2, -0.15) is 0 Å². The minimum Gasteiger partial charge on any atom is -0.465 e. The van der Waals surface area contributed by atoms with Crippen molar-refractivity contribution in [3.05, 3.63) is 46.6 Å². The van der Waals surface area contributed by atoms with Gasteiger partial charge in [0.2, 0.25) is 5.91 Å². The van der Waals surface area contributed by atoms with Crippen molar-refractivity contribution in [3.8, 4) is 11.1 Å². The van der Waals surface area contributed by atoms with Crippen LogP contribution in [0.4, 0.5) is 5.00 Å². The third kappa shape index (κ3) is 4.79. The number of ether oxygens (including phenoxy) is 1. The summed E-state index contributed by atoms with van der Waals surface area (Å²) in [5.41, 5.74) is 2.51. The fraction of sp³-hybridized carbons (Fsp3) is 0.517. The Morgan fingerprint density at radius 1 is 1.11 bits per heavy atom. The van der Waals surface area contributed by atoms with E-state index < -0.39 is 5.97 Å². The van der Waals surface area contributed by atoms with Crippen LogP contribution in [-0.4, -0.2) is 39.5 Å². The molecule has 2 heterocycles. The predicted molar refractivity (Wildman–Crippen MR) is 150 cm³/mol. The van der Waals surface area contributed by atoms with Crippen LogP contribution in [-0.2, 0) is 23.0 Å². The summed E-state index contributed by atoms with van der Waals surface area (Å²) in [6, 6.07) is 9.71. The second-order valence-electron chi connectivity index (χ2n) is 11.5. The number of benzene rings is 1. The molecular weight excluding hydrogens is 516 g/mol.